The Labute approximate surface area is 99.7 Å². The molecule has 0 heterocycles. The van der Waals surface area contributed by atoms with Crippen LogP contribution in [0, 0.1) is 0 Å². The Morgan fingerprint density at radius 1 is 0.824 bits per heavy atom. The summed E-state index contributed by atoms with van der Waals surface area (Å²) in [5.74, 6) is -1.40. The normalized spacial score (nSPS) is 9.71. The number of carboxylic acid groups (broad SMARTS) is 1. The second-order valence-corrected chi connectivity index (χ2v) is 3.59. The van der Waals surface area contributed by atoms with Gasteiger partial charge in [0.15, 0.2) is 0 Å². The summed E-state index contributed by atoms with van der Waals surface area (Å²) in [6.07, 6.45) is 0. The lowest BCUT2D eigenvalue weighted by Crippen LogP contribution is -2.12. The van der Waals surface area contributed by atoms with E-state index in [2.05, 4.69) is 0 Å². The van der Waals surface area contributed by atoms with Crippen LogP contribution in [0.1, 0.15) is 17.0 Å². The summed E-state index contributed by atoms with van der Waals surface area (Å²) in [5.41, 5.74) is 1.61. The van der Waals surface area contributed by atoms with Crippen molar-refractivity contribution in [2.45, 2.75) is 5.92 Å². The molecule has 0 radical (unpaired) electrons. The molecular weight excluding hydrogens is 216 g/mol. The molecule has 17 heavy (non-hydrogen) atoms. The molecule has 0 aliphatic carbocycles. The number of carbonyl (C=O) groups is 1. The molecule has 2 aromatic rings. The number of aliphatic carboxylic acids is 1. The third-order valence-electron chi connectivity index (χ3n) is 2.51. The lowest BCUT2D eigenvalue weighted by molar-refractivity contribution is -0.137. The molecule has 0 unspecified atom stereocenters. The molecule has 0 aliphatic rings. The molecule has 0 saturated heterocycles. The van der Waals surface area contributed by atoms with Gasteiger partial charge in [-0.1, -0.05) is 60.7 Å². The van der Waals surface area contributed by atoms with E-state index in [0.29, 0.717) is 0 Å². The second kappa shape index (κ2) is 5.82. The molecule has 3 heteroatoms. The minimum atomic E-state index is -0.822. The van der Waals surface area contributed by atoms with Crippen LogP contribution in [0.15, 0.2) is 60.7 Å². The summed E-state index contributed by atoms with van der Waals surface area (Å²) in [7, 11) is 0. The highest BCUT2D eigenvalue weighted by Gasteiger charge is 2.20. The van der Waals surface area contributed by atoms with Crippen LogP contribution in [0.4, 0.5) is 0 Å². The highest BCUT2D eigenvalue weighted by Crippen LogP contribution is 2.24. The fourth-order valence-corrected chi connectivity index (χ4v) is 1.77. The van der Waals surface area contributed by atoms with E-state index in [1.165, 1.54) is 0 Å². The van der Waals surface area contributed by atoms with E-state index in [1.807, 2.05) is 60.7 Å². The van der Waals surface area contributed by atoms with Gasteiger partial charge in [-0.2, -0.15) is 0 Å². The highest BCUT2D eigenvalue weighted by molar-refractivity contribution is 5.80. The molecule has 2 aromatic carbocycles. The Hall–Kier alpha value is -2.13. The van der Waals surface area contributed by atoms with Crippen LogP contribution in [0.25, 0.3) is 0 Å². The molecule has 0 atom stereocenters. The van der Waals surface area contributed by atoms with Gasteiger partial charge >= 0.3 is 5.97 Å². The Kier molecular flexibility index (Phi) is 4.43. The van der Waals surface area contributed by atoms with Crippen LogP contribution >= 0.6 is 0 Å². The van der Waals surface area contributed by atoms with Gasteiger partial charge in [0.1, 0.15) is 5.92 Å². The number of carboxylic acids is 1. The monoisotopic (exact) mass is 230 g/mol. The Balaban J connectivity index is 0.00000144. The SMILES string of the molecule is O.O=C(O)C(c1ccccc1)c1ccccc1. The maximum absolute atomic E-state index is 11.3. The average molecular weight is 230 g/mol. The molecule has 0 spiro atoms. The quantitative estimate of drug-likeness (QED) is 0.877. The first kappa shape index (κ1) is 12.9. The number of hydrogen-bond donors (Lipinski definition) is 1. The number of benzene rings is 2. The first-order chi connectivity index (χ1) is 7.79. The Morgan fingerprint density at radius 2 is 1.18 bits per heavy atom. The van der Waals surface area contributed by atoms with Gasteiger partial charge in [0.05, 0.1) is 0 Å². The van der Waals surface area contributed by atoms with Gasteiger partial charge in [0.25, 0.3) is 0 Å². The summed E-state index contributed by atoms with van der Waals surface area (Å²) in [5, 5.41) is 9.28. The van der Waals surface area contributed by atoms with E-state index >= 15 is 0 Å². The molecule has 0 aliphatic heterocycles. The van der Waals surface area contributed by atoms with Crippen molar-refractivity contribution in [3.63, 3.8) is 0 Å². The Bertz CT molecular complexity index is 426. The van der Waals surface area contributed by atoms with Gasteiger partial charge in [-0.05, 0) is 11.1 Å². The first-order valence-electron chi connectivity index (χ1n) is 5.12. The summed E-state index contributed by atoms with van der Waals surface area (Å²) in [4.78, 5) is 11.3. The predicted octanol–water partition coefficient (Wildman–Crippen LogP) is 2.08. The maximum Gasteiger partial charge on any atom is 0.315 e. The highest BCUT2D eigenvalue weighted by atomic mass is 16.4. The fraction of sp³-hybridized carbons (Fsp3) is 0.0714. The van der Waals surface area contributed by atoms with E-state index in [9.17, 15) is 9.90 Å². The van der Waals surface area contributed by atoms with E-state index in [4.69, 9.17) is 0 Å². The molecule has 0 fully saturated rings. The van der Waals surface area contributed by atoms with Crippen LogP contribution in [0.2, 0.25) is 0 Å². The molecule has 0 amide bonds. The lowest BCUT2D eigenvalue weighted by Gasteiger charge is -2.12. The molecule has 0 saturated carbocycles. The van der Waals surface area contributed by atoms with Crippen LogP contribution in [0.5, 0.6) is 0 Å². The van der Waals surface area contributed by atoms with Crippen molar-refractivity contribution < 1.29 is 15.4 Å². The minimum absolute atomic E-state index is 0. The maximum atomic E-state index is 11.3. The Morgan fingerprint density at radius 3 is 1.47 bits per heavy atom. The zero-order chi connectivity index (χ0) is 11.4. The molecule has 3 nitrogen and oxygen atoms in total. The van der Waals surface area contributed by atoms with Crippen molar-refractivity contribution in [3.8, 4) is 0 Å². The smallest absolute Gasteiger partial charge is 0.315 e. The third kappa shape index (κ3) is 2.92. The van der Waals surface area contributed by atoms with Crippen molar-refractivity contribution in [2.24, 2.45) is 0 Å². The van der Waals surface area contributed by atoms with Crippen molar-refractivity contribution in [3.05, 3.63) is 71.8 Å². The van der Waals surface area contributed by atoms with Crippen LogP contribution < -0.4 is 0 Å². The zero-order valence-corrected chi connectivity index (χ0v) is 9.21. The minimum Gasteiger partial charge on any atom is -0.481 e. The van der Waals surface area contributed by atoms with Crippen molar-refractivity contribution in [1.82, 2.24) is 0 Å². The van der Waals surface area contributed by atoms with Crippen molar-refractivity contribution in [1.29, 1.82) is 0 Å². The van der Waals surface area contributed by atoms with E-state index in [0.717, 1.165) is 11.1 Å². The second-order valence-electron chi connectivity index (χ2n) is 3.59. The molecule has 0 bridgehead atoms. The van der Waals surface area contributed by atoms with Gasteiger partial charge in [0.2, 0.25) is 0 Å². The van der Waals surface area contributed by atoms with Crippen LogP contribution in [-0.2, 0) is 4.79 Å². The molecule has 0 aromatic heterocycles. The molecular formula is C14H14O3. The molecule has 3 N–H and O–H groups in total. The fourth-order valence-electron chi connectivity index (χ4n) is 1.77. The predicted molar refractivity (Wildman–Crippen MR) is 66.0 cm³/mol. The summed E-state index contributed by atoms with van der Waals surface area (Å²) < 4.78 is 0. The number of hydrogen-bond acceptors (Lipinski definition) is 1. The lowest BCUT2D eigenvalue weighted by atomic mass is 9.92. The van der Waals surface area contributed by atoms with Gasteiger partial charge in [-0.3, -0.25) is 4.79 Å². The third-order valence-corrected chi connectivity index (χ3v) is 2.51. The summed E-state index contributed by atoms with van der Waals surface area (Å²) in [6.45, 7) is 0. The van der Waals surface area contributed by atoms with Gasteiger partial charge in [-0.15, -0.1) is 0 Å². The van der Waals surface area contributed by atoms with Gasteiger partial charge < -0.3 is 10.6 Å². The van der Waals surface area contributed by atoms with E-state index < -0.39 is 11.9 Å². The topological polar surface area (TPSA) is 68.8 Å². The van der Waals surface area contributed by atoms with Crippen molar-refractivity contribution in [2.75, 3.05) is 0 Å². The molecule has 2 rings (SSSR count). The summed E-state index contributed by atoms with van der Waals surface area (Å²) >= 11 is 0. The zero-order valence-electron chi connectivity index (χ0n) is 9.21. The summed E-state index contributed by atoms with van der Waals surface area (Å²) in [6, 6.07) is 18.5. The van der Waals surface area contributed by atoms with Gasteiger partial charge in [-0.25, -0.2) is 0 Å². The average Bonchev–Trinajstić information content (AvgIpc) is 2.31. The number of rotatable bonds is 3. The molecule has 88 valence electrons. The standard InChI is InChI=1S/C14H12O2.H2O/c15-14(16)13(11-7-3-1-4-8-11)12-9-5-2-6-10-12;/h1-10,13H,(H,15,16);1H2. The first-order valence-corrected chi connectivity index (χ1v) is 5.12. The van der Waals surface area contributed by atoms with Crippen LogP contribution in [-0.4, -0.2) is 16.6 Å². The van der Waals surface area contributed by atoms with E-state index in [-0.39, 0.29) is 5.48 Å². The van der Waals surface area contributed by atoms with Gasteiger partial charge in [0, 0.05) is 0 Å². The van der Waals surface area contributed by atoms with Crippen molar-refractivity contribution >= 4 is 5.97 Å². The van der Waals surface area contributed by atoms with E-state index in [1.54, 1.807) is 0 Å². The van der Waals surface area contributed by atoms with Crippen LogP contribution in [0.3, 0.4) is 0 Å². The largest absolute Gasteiger partial charge is 0.481 e.